The zero-order chi connectivity index (χ0) is 53.4. The highest BCUT2D eigenvalue weighted by atomic mass is 35.5. The SMILES string of the molecule is COc1cc(C(CC(=O)O)c2ccc(C)c(CN(C)S(=O)(=O)c3ccc(OCCOCCOCCOCCNC(=O)C[C@@H]4N=C(c5ccc(Cl)cc5)c5c(sc(C)c5C)-n5c(C)nnc54)cc3)c2)cc2nnn(C)c12. The molecule has 0 saturated carbocycles. The van der Waals surface area contributed by atoms with Crippen molar-refractivity contribution in [3.8, 4) is 16.5 Å². The molecule has 1 unspecified atom stereocenters. The summed E-state index contributed by atoms with van der Waals surface area (Å²) in [4.78, 5) is 31.8. The zero-order valence-electron chi connectivity index (χ0n) is 42.8. The summed E-state index contributed by atoms with van der Waals surface area (Å²) in [5.74, 6) is 0.591. The molecular weight excluding hydrogens is 1020 g/mol. The molecule has 4 aromatic carbocycles. The van der Waals surface area contributed by atoms with Crippen LogP contribution in [0.2, 0.25) is 5.02 Å². The number of carbonyl (C=O) groups is 2. The van der Waals surface area contributed by atoms with Gasteiger partial charge in [-0.25, -0.2) is 13.1 Å². The monoisotopic (exact) mass is 1080 g/mol. The normalized spacial score (nSPS) is 13.8. The Bertz CT molecular complexity index is 3300. The molecule has 2 N–H and O–H groups in total. The lowest BCUT2D eigenvalue weighted by molar-refractivity contribution is -0.137. The third kappa shape index (κ3) is 12.7. The van der Waals surface area contributed by atoms with Crippen LogP contribution in [0.25, 0.3) is 16.0 Å². The highest BCUT2D eigenvalue weighted by Crippen LogP contribution is 2.40. The first-order valence-corrected chi connectivity index (χ1v) is 26.9. The third-order valence-electron chi connectivity index (χ3n) is 12.9. The Kier molecular flexibility index (Phi) is 17.8. The average Bonchev–Trinajstić information content (AvgIpc) is 4.03. The number of thiophene rings is 1. The van der Waals surface area contributed by atoms with E-state index in [0.717, 1.165) is 44.4 Å². The molecule has 0 saturated heterocycles. The maximum atomic E-state index is 13.7. The number of carboxylic acid groups (broad SMARTS) is 1. The van der Waals surface area contributed by atoms with Crippen LogP contribution in [0.3, 0.4) is 0 Å². The molecule has 3 aromatic heterocycles. The van der Waals surface area contributed by atoms with Gasteiger partial charge in [-0.3, -0.25) is 19.1 Å². The van der Waals surface area contributed by atoms with Gasteiger partial charge in [-0.05, 0) is 104 Å². The number of aromatic nitrogens is 6. The molecule has 1 amide bonds. The highest BCUT2D eigenvalue weighted by Gasteiger charge is 2.33. The van der Waals surface area contributed by atoms with E-state index in [0.29, 0.717) is 84.1 Å². The highest BCUT2D eigenvalue weighted by molar-refractivity contribution is 7.89. The molecule has 396 valence electrons. The topological polar surface area (TPSA) is 224 Å². The van der Waals surface area contributed by atoms with Crippen LogP contribution < -0.4 is 14.8 Å². The summed E-state index contributed by atoms with van der Waals surface area (Å²) in [5.41, 5.74) is 8.05. The molecule has 1 aliphatic rings. The van der Waals surface area contributed by atoms with E-state index in [2.05, 4.69) is 39.7 Å². The van der Waals surface area contributed by atoms with Crippen LogP contribution in [0.5, 0.6) is 11.5 Å². The molecule has 0 spiro atoms. The number of rotatable bonds is 25. The number of aryl methyl sites for hydroxylation is 4. The summed E-state index contributed by atoms with van der Waals surface area (Å²) >= 11 is 7.89. The summed E-state index contributed by atoms with van der Waals surface area (Å²) < 4.78 is 60.7. The van der Waals surface area contributed by atoms with Gasteiger partial charge in [-0.2, -0.15) is 4.31 Å². The van der Waals surface area contributed by atoms with Crippen LogP contribution in [0, 0.1) is 27.7 Å². The summed E-state index contributed by atoms with van der Waals surface area (Å²) in [6.07, 6.45) is -0.129. The molecule has 0 aliphatic carbocycles. The predicted octanol–water partition coefficient (Wildman–Crippen LogP) is 7.46. The van der Waals surface area contributed by atoms with E-state index in [9.17, 15) is 23.1 Å². The van der Waals surface area contributed by atoms with E-state index < -0.39 is 28.0 Å². The van der Waals surface area contributed by atoms with Crippen molar-refractivity contribution in [2.24, 2.45) is 12.0 Å². The van der Waals surface area contributed by atoms with Gasteiger partial charge in [0, 0.05) is 54.1 Å². The molecular formula is C53H60ClN9O10S2. The second-order valence-electron chi connectivity index (χ2n) is 18.0. The van der Waals surface area contributed by atoms with Crippen molar-refractivity contribution in [3.05, 3.63) is 139 Å². The molecule has 0 radical (unpaired) electrons. The molecule has 7 aromatic rings. The number of methoxy groups -OCH3 is 1. The lowest BCUT2D eigenvalue weighted by Crippen LogP contribution is -2.29. The fourth-order valence-corrected chi connectivity index (χ4v) is 11.3. The number of hydrogen-bond donors (Lipinski definition) is 2. The van der Waals surface area contributed by atoms with E-state index in [1.54, 1.807) is 41.3 Å². The van der Waals surface area contributed by atoms with Crippen LogP contribution in [0.4, 0.5) is 0 Å². The molecule has 8 rings (SSSR count). The quantitative estimate of drug-likeness (QED) is 0.0531. The first-order chi connectivity index (χ1) is 36.0. The smallest absolute Gasteiger partial charge is 0.304 e. The summed E-state index contributed by atoms with van der Waals surface area (Å²) in [5, 5.41) is 31.6. The standard InChI is InChI=1S/C53H60ClN9O10S2/c1-32-8-9-37(43(29-48(65)66)38-27-44-51(46(28-38)69-7)62(6)60-58-44)26-39(32)31-61(5)75(67,68)42-16-14-41(15-17-42)73-25-24-72-23-22-71-21-20-70-19-18-55-47(64)30-45-52-59-57-35(4)63(52)53-49(33(2)34(3)74-53)50(56-45)36-10-12-40(54)13-11-36/h8-17,26-28,43,45H,18-25,29-31H2,1-7H3,(H,55,64)(H,65,66)/t43?,45-/m0/s1. The minimum atomic E-state index is -3.91. The number of nitrogens with zero attached hydrogens (tertiary/aromatic N) is 8. The number of nitrogens with one attached hydrogen (secondary N) is 1. The number of halogens is 1. The largest absolute Gasteiger partial charge is 0.494 e. The fourth-order valence-electron chi connectivity index (χ4n) is 8.83. The van der Waals surface area contributed by atoms with Gasteiger partial charge in [-0.1, -0.05) is 47.1 Å². The van der Waals surface area contributed by atoms with E-state index in [-0.39, 0.29) is 43.4 Å². The fraction of sp³-hybridized carbons (Fsp3) is 0.377. The number of carboxylic acids is 1. The Morgan fingerprint density at radius 1 is 0.867 bits per heavy atom. The van der Waals surface area contributed by atoms with E-state index in [1.165, 1.54) is 35.5 Å². The van der Waals surface area contributed by atoms with Crippen molar-refractivity contribution in [1.29, 1.82) is 0 Å². The van der Waals surface area contributed by atoms with Crippen molar-refractivity contribution in [3.63, 3.8) is 0 Å². The van der Waals surface area contributed by atoms with Gasteiger partial charge in [0.1, 0.15) is 46.0 Å². The molecule has 22 heteroatoms. The number of sulfonamides is 1. The van der Waals surface area contributed by atoms with Gasteiger partial charge in [0.05, 0.1) is 70.2 Å². The van der Waals surface area contributed by atoms with Gasteiger partial charge in [-0.15, -0.1) is 26.6 Å². The average molecular weight is 1080 g/mol. The molecule has 2 atom stereocenters. The Labute approximate surface area is 444 Å². The maximum Gasteiger partial charge on any atom is 0.304 e. The summed E-state index contributed by atoms with van der Waals surface area (Å²) in [6, 6.07) is 22.4. The molecule has 4 heterocycles. The van der Waals surface area contributed by atoms with Crippen LogP contribution in [0.15, 0.2) is 88.8 Å². The molecule has 0 fully saturated rings. The number of aliphatic imine (C=N–C) groups is 1. The van der Waals surface area contributed by atoms with Crippen LogP contribution in [-0.4, -0.2) is 132 Å². The van der Waals surface area contributed by atoms with Crippen LogP contribution in [0.1, 0.15) is 80.3 Å². The number of benzene rings is 4. The number of carbonyl (C=O) groups excluding carboxylic acids is 1. The first-order valence-electron chi connectivity index (χ1n) is 24.3. The van der Waals surface area contributed by atoms with Crippen molar-refractivity contribution >= 4 is 61.6 Å². The number of hydrogen-bond acceptors (Lipinski definition) is 15. The molecule has 19 nitrogen and oxygen atoms in total. The van der Waals surface area contributed by atoms with Crippen molar-refractivity contribution < 1.29 is 46.8 Å². The van der Waals surface area contributed by atoms with E-state index >= 15 is 0 Å². The van der Waals surface area contributed by atoms with Gasteiger partial charge in [0.25, 0.3) is 0 Å². The van der Waals surface area contributed by atoms with Gasteiger partial charge in [0.15, 0.2) is 5.82 Å². The lowest BCUT2D eigenvalue weighted by atomic mass is 9.86. The van der Waals surface area contributed by atoms with Crippen molar-refractivity contribution in [1.82, 2.24) is 39.4 Å². The van der Waals surface area contributed by atoms with Gasteiger partial charge >= 0.3 is 5.97 Å². The zero-order valence-corrected chi connectivity index (χ0v) is 45.2. The minimum absolute atomic E-state index is 0.0519. The van der Waals surface area contributed by atoms with Crippen molar-refractivity contribution in [2.45, 2.75) is 63.9 Å². The number of fused-ring (bicyclic) bond motifs is 4. The predicted molar refractivity (Wildman–Crippen MR) is 284 cm³/mol. The van der Waals surface area contributed by atoms with E-state index in [1.807, 2.05) is 66.9 Å². The molecule has 1 aliphatic heterocycles. The second kappa shape index (κ2) is 24.4. The lowest BCUT2D eigenvalue weighted by Gasteiger charge is -2.22. The van der Waals surface area contributed by atoms with Crippen molar-refractivity contribution in [2.75, 3.05) is 67.0 Å². The summed E-state index contributed by atoms with van der Waals surface area (Å²) in [6.45, 7) is 10.5. The Morgan fingerprint density at radius 2 is 1.56 bits per heavy atom. The first kappa shape index (κ1) is 54.7. The number of aliphatic carboxylic acids is 1. The van der Waals surface area contributed by atoms with E-state index in [4.69, 9.17) is 40.3 Å². The number of amides is 1. The Balaban J connectivity index is 0.728. The van der Waals surface area contributed by atoms with Gasteiger partial charge in [0.2, 0.25) is 15.9 Å². The summed E-state index contributed by atoms with van der Waals surface area (Å²) in [7, 11) is 0.885. The third-order valence-corrected chi connectivity index (χ3v) is 16.2. The second-order valence-corrected chi connectivity index (χ2v) is 21.7. The van der Waals surface area contributed by atoms with Crippen LogP contribution >= 0.6 is 22.9 Å². The Morgan fingerprint density at radius 3 is 2.25 bits per heavy atom. The molecule has 75 heavy (non-hydrogen) atoms. The van der Waals surface area contributed by atoms with Crippen LogP contribution in [-0.2, 0) is 47.4 Å². The number of ether oxygens (including phenoxy) is 5. The Hall–Kier alpha value is -6.59. The van der Waals surface area contributed by atoms with Gasteiger partial charge < -0.3 is 34.1 Å². The maximum absolute atomic E-state index is 13.7. The molecule has 0 bridgehead atoms. The minimum Gasteiger partial charge on any atom is -0.494 e.